The first-order valence-electron chi connectivity index (χ1n) is 5.33. The van der Waals surface area contributed by atoms with Crippen molar-refractivity contribution in [2.75, 3.05) is 19.7 Å². The van der Waals surface area contributed by atoms with Gasteiger partial charge in [-0.25, -0.2) is 0 Å². The SMILES string of the molecule is CCC1OCCC1CN[C@@H](C)CN. The molecule has 3 atom stereocenters. The maximum atomic E-state index is 5.61. The van der Waals surface area contributed by atoms with Crippen molar-refractivity contribution in [2.24, 2.45) is 11.7 Å². The first kappa shape index (κ1) is 11.0. The molecule has 2 unspecified atom stereocenters. The maximum absolute atomic E-state index is 5.61. The molecule has 0 aromatic carbocycles. The van der Waals surface area contributed by atoms with Crippen LogP contribution in [0.5, 0.6) is 0 Å². The largest absolute Gasteiger partial charge is 0.378 e. The average molecular weight is 186 g/mol. The van der Waals surface area contributed by atoms with Gasteiger partial charge < -0.3 is 15.8 Å². The summed E-state index contributed by atoms with van der Waals surface area (Å²) in [5, 5.41) is 3.43. The molecule has 1 heterocycles. The van der Waals surface area contributed by atoms with Crippen molar-refractivity contribution >= 4 is 0 Å². The number of nitrogens with two attached hydrogens (primary N) is 1. The third kappa shape index (κ3) is 3.25. The van der Waals surface area contributed by atoms with E-state index in [2.05, 4.69) is 19.2 Å². The fourth-order valence-electron chi connectivity index (χ4n) is 1.81. The molecule has 0 radical (unpaired) electrons. The Morgan fingerprint density at radius 1 is 1.62 bits per heavy atom. The Balaban J connectivity index is 2.19. The highest BCUT2D eigenvalue weighted by Crippen LogP contribution is 2.22. The summed E-state index contributed by atoms with van der Waals surface area (Å²) in [6, 6.07) is 0.429. The molecule has 1 fully saturated rings. The Morgan fingerprint density at radius 3 is 3.00 bits per heavy atom. The van der Waals surface area contributed by atoms with Crippen LogP contribution in [0.25, 0.3) is 0 Å². The molecular weight excluding hydrogens is 164 g/mol. The molecule has 1 aliphatic rings. The minimum atomic E-state index is 0.429. The van der Waals surface area contributed by atoms with E-state index in [0.717, 1.165) is 19.6 Å². The molecule has 0 aromatic heterocycles. The second-order valence-electron chi connectivity index (χ2n) is 3.91. The fraction of sp³-hybridized carbons (Fsp3) is 1.00. The Morgan fingerprint density at radius 2 is 2.38 bits per heavy atom. The fourth-order valence-corrected chi connectivity index (χ4v) is 1.81. The zero-order chi connectivity index (χ0) is 9.68. The minimum Gasteiger partial charge on any atom is -0.378 e. The molecule has 0 amide bonds. The number of nitrogens with one attached hydrogen (secondary N) is 1. The molecule has 78 valence electrons. The van der Waals surface area contributed by atoms with Crippen molar-refractivity contribution in [3.63, 3.8) is 0 Å². The van der Waals surface area contributed by atoms with E-state index in [4.69, 9.17) is 10.5 Å². The van der Waals surface area contributed by atoms with E-state index in [-0.39, 0.29) is 0 Å². The van der Waals surface area contributed by atoms with Crippen LogP contribution in [-0.4, -0.2) is 31.8 Å². The van der Waals surface area contributed by atoms with Crippen LogP contribution >= 0.6 is 0 Å². The van der Waals surface area contributed by atoms with Crippen LogP contribution in [0, 0.1) is 5.92 Å². The van der Waals surface area contributed by atoms with Gasteiger partial charge in [0.1, 0.15) is 0 Å². The second-order valence-corrected chi connectivity index (χ2v) is 3.91. The summed E-state index contributed by atoms with van der Waals surface area (Å²) in [5.41, 5.74) is 5.53. The lowest BCUT2D eigenvalue weighted by Crippen LogP contribution is -2.38. The molecule has 1 rings (SSSR count). The third-order valence-electron chi connectivity index (χ3n) is 2.83. The summed E-state index contributed by atoms with van der Waals surface area (Å²) in [6.07, 6.45) is 2.80. The van der Waals surface area contributed by atoms with Crippen molar-refractivity contribution in [3.05, 3.63) is 0 Å². The number of rotatable bonds is 5. The molecule has 0 saturated carbocycles. The molecule has 0 aromatic rings. The normalized spacial score (nSPS) is 30.7. The predicted octanol–water partition coefficient (Wildman–Crippen LogP) is 0.738. The van der Waals surface area contributed by atoms with Gasteiger partial charge in [-0.3, -0.25) is 0 Å². The standard InChI is InChI=1S/C10H22N2O/c1-3-10-9(4-5-13-10)7-12-8(2)6-11/h8-10,12H,3-7,11H2,1-2H3/t8-,9?,10?/m0/s1. The lowest BCUT2D eigenvalue weighted by molar-refractivity contribution is 0.0868. The van der Waals surface area contributed by atoms with Crippen molar-refractivity contribution in [3.8, 4) is 0 Å². The van der Waals surface area contributed by atoms with Gasteiger partial charge >= 0.3 is 0 Å². The van der Waals surface area contributed by atoms with Gasteiger partial charge in [-0.1, -0.05) is 6.92 Å². The van der Waals surface area contributed by atoms with Crippen molar-refractivity contribution in [1.82, 2.24) is 5.32 Å². The Kier molecular flexibility index (Phi) is 4.70. The van der Waals surface area contributed by atoms with Crippen molar-refractivity contribution in [2.45, 2.75) is 38.8 Å². The number of hydrogen-bond acceptors (Lipinski definition) is 3. The summed E-state index contributed by atoms with van der Waals surface area (Å²) in [7, 11) is 0. The van der Waals surface area contributed by atoms with E-state index in [1.54, 1.807) is 0 Å². The lowest BCUT2D eigenvalue weighted by Gasteiger charge is -2.19. The van der Waals surface area contributed by atoms with E-state index in [9.17, 15) is 0 Å². The smallest absolute Gasteiger partial charge is 0.0613 e. The van der Waals surface area contributed by atoms with Gasteiger partial charge in [0, 0.05) is 25.7 Å². The molecule has 3 nitrogen and oxygen atoms in total. The number of hydrogen-bond donors (Lipinski definition) is 2. The van der Waals surface area contributed by atoms with E-state index in [1.807, 2.05) is 0 Å². The van der Waals surface area contributed by atoms with E-state index < -0.39 is 0 Å². The van der Waals surface area contributed by atoms with Gasteiger partial charge in [-0.2, -0.15) is 0 Å². The van der Waals surface area contributed by atoms with Gasteiger partial charge in [0.25, 0.3) is 0 Å². The highest BCUT2D eigenvalue weighted by Gasteiger charge is 2.26. The van der Waals surface area contributed by atoms with Crippen LogP contribution in [0.3, 0.4) is 0 Å². The van der Waals surface area contributed by atoms with E-state index in [1.165, 1.54) is 6.42 Å². The summed E-state index contributed by atoms with van der Waals surface area (Å²) in [5.74, 6) is 0.694. The van der Waals surface area contributed by atoms with E-state index in [0.29, 0.717) is 24.6 Å². The molecule has 0 aliphatic carbocycles. The van der Waals surface area contributed by atoms with Crippen molar-refractivity contribution < 1.29 is 4.74 Å². The van der Waals surface area contributed by atoms with Gasteiger partial charge in [-0.15, -0.1) is 0 Å². The molecule has 3 heteroatoms. The molecule has 0 bridgehead atoms. The predicted molar refractivity (Wildman–Crippen MR) is 54.7 cm³/mol. The average Bonchev–Trinajstić information content (AvgIpc) is 2.61. The summed E-state index contributed by atoms with van der Waals surface area (Å²) >= 11 is 0. The van der Waals surface area contributed by atoms with Gasteiger partial charge in [0.2, 0.25) is 0 Å². The van der Waals surface area contributed by atoms with Crippen LogP contribution in [0.1, 0.15) is 26.7 Å². The van der Waals surface area contributed by atoms with Crippen LogP contribution in [0.2, 0.25) is 0 Å². The quantitative estimate of drug-likeness (QED) is 0.665. The molecule has 13 heavy (non-hydrogen) atoms. The summed E-state index contributed by atoms with van der Waals surface area (Å²) < 4.78 is 5.61. The first-order chi connectivity index (χ1) is 6.27. The van der Waals surface area contributed by atoms with Gasteiger partial charge in [0.15, 0.2) is 0 Å². The molecule has 0 spiro atoms. The first-order valence-corrected chi connectivity index (χ1v) is 5.33. The zero-order valence-corrected chi connectivity index (χ0v) is 8.75. The monoisotopic (exact) mass is 186 g/mol. The topological polar surface area (TPSA) is 47.3 Å². The third-order valence-corrected chi connectivity index (χ3v) is 2.83. The summed E-state index contributed by atoms with van der Waals surface area (Å²) in [4.78, 5) is 0. The van der Waals surface area contributed by atoms with Crippen LogP contribution < -0.4 is 11.1 Å². The molecule has 1 saturated heterocycles. The van der Waals surface area contributed by atoms with E-state index >= 15 is 0 Å². The Labute approximate surface area is 81.0 Å². The number of ether oxygens (including phenoxy) is 1. The molecular formula is C10H22N2O. The van der Waals surface area contributed by atoms with Crippen LogP contribution in [0.4, 0.5) is 0 Å². The lowest BCUT2D eigenvalue weighted by atomic mass is 9.99. The highest BCUT2D eigenvalue weighted by molar-refractivity contribution is 4.78. The van der Waals surface area contributed by atoms with Crippen molar-refractivity contribution in [1.29, 1.82) is 0 Å². The zero-order valence-electron chi connectivity index (χ0n) is 8.75. The summed E-state index contributed by atoms with van der Waals surface area (Å²) in [6.45, 7) is 7.01. The minimum absolute atomic E-state index is 0.429. The van der Waals surface area contributed by atoms with Crippen LogP contribution in [0.15, 0.2) is 0 Å². The molecule has 1 aliphatic heterocycles. The second kappa shape index (κ2) is 5.58. The van der Waals surface area contributed by atoms with Gasteiger partial charge in [-0.05, 0) is 25.7 Å². The van der Waals surface area contributed by atoms with Gasteiger partial charge in [0.05, 0.1) is 6.10 Å². The Hall–Kier alpha value is -0.120. The maximum Gasteiger partial charge on any atom is 0.0613 e. The molecule has 3 N–H and O–H groups in total. The van der Waals surface area contributed by atoms with Crippen LogP contribution in [-0.2, 0) is 4.74 Å². The highest BCUT2D eigenvalue weighted by atomic mass is 16.5. The Bertz CT molecular complexity index is 141.